The molecule has 1 N–H and O–H groups in total. The Morgan fingerprint density at radius 3 is 3.00 bits per heavy atom. The number of nitrogens with zero attached hydrogens (tertiary/aromatic N) is 2. The highest BCUT2D eigenvalue weighted by atomic mass is 16.5. The molecule has 0 spiro atoms. The number of aromatic nitrogens is 1. The first-order chi connectivity index (χ1) is 7.83. The summed E-state index contributed by atoms with van der Waals surface area (Å²) in [5.74, 6) is -0.0789. The molecule has 1 aliphatic rings. The lowest BCUT2D eigenvalue weighted by Crippen LogP contribution is -2.50. The van der Waals surface area contributed by atoms with E-state index in [0.717, 1.165) is 0 Å². The predicted octanol–water partition coefficient (Wildman–Crippen LogP) is -0.0851. The van der Waals surface area contributed by atoms with Crippen LogP contribution in [0.15, 0.2) is 24.5 Å². The van der Waals surface area contributed by atoms with Crippen molar-refractivity contribution in [2.75, 3.05) is 26.4 Å². The molecule has 0 radical (unpaired) electrons. The van der Waals surface area contributed by atoms with Gasteiger partial charge < -0.3 is 14.7 Å². The van der Waals surface area contributed by atoms with E-state index < -0.39 is 0 Å². The van der Waals surface area contributed by atoms with E-state index in [1.54, 1.807) is 29.4 Å². The van der Waals surface area contributed by atoms with Gasteiger partial charge in [-0.1, -0.05) is 0 Å². The SMILES string of the molecule is O=C(c1ccncc1)N1CCOCC1CO. The minimum absolute atomic E-state index is 0.0726. The second kappa shape index (κ2) is 5.05. The Morgan fingerprint density at radius 1 is 1.56 bits per heavy atom. The maximum Gasteiger partial charge on any atom is 0.254 e. The largest absolute Gasteiger partial charge is 0.394 e. The number of ether oxygens (including phenoxy) is 1. The van der Waals surface area contributed by atoms with Gasteiger partial charge in [-0.3, -0.25) is 9.78 Å². The highest BCUT2D eigenvalue weighted by molar-refractivity contribution is 5.94. The van der Waals surface area contributed by atoms with Crippen LogP contribution in [0, 0.1) is 0 Å². The summed E-state index contributed by atoms with van der Waals surface area (Å²) in [5, 5.41) is 9.17. The molecule has 0 saturated carbocycles. The van der Waals surface area contributed by atoms with E-state index in [4.69, 9.17) is 4.74 Å². The lowest BCUT2D eigenvalue weighted by molar-refractivity contribution is -0.0183. The minimum atomic E-state index is -0.241. The molecular formula is C11H14N2O3. The fourth-order valence-corrected chi connectivity index (χ4v) is 1.73. The van der Waals surface area contributed by atoms with Gasteiger partial charge in [0.2, 0.25) is 0 Å². The number of pyridine rings is 1. The van der Waals surface area contributed by atoms with Crippen LogP contribution in [-0.2, 0) is 4.74 Å². The number of aliphatic hydroxyl groups excluding tert-OH is 1. The van der Waals surface area contributed by atoms with Gasteiger partial charge in [0.1, 0.15) is 0 Å². The van der Waals surface area contributed by atoms with Crippen molar-refractivity contribution in [3.8, 4) is 0 Å². The molecule has 86 valence electrons. The molecule has 1 aromatic rings. The van der Waals surface area contributed by atoms with E-state index in [1.165, 1.54) is 0 Å². The number of morpholine rings is 1. The van der Waals surface area contributed by atoms with Gasteiger partial charge in [0.25, 0.3) is 5.91 Å². The Hall–Kier alpha value is -1.46. The summed E-state index contributed by atoms with van der Waals surface area (Å²) in [6, 6.07) is 3.10. The zero-order valence-electron chi connectivity index (χ0n) is 8.87. The molecule has 2 heterocycles. The Bertz CT molecular complexity index is 356. The topological polar surface area (TPSA) is 62.7 Å². The van der Waals surface area contributed by atoms with Crippen molar-refractivity contribution < 1.29 is 14.6 Å². The fraction of sp³-hybridized carbons (Fsp3) is 0.455. The summed E-state index contributed by atoms with van der Waals surface area (Å²) in [7, 11) is 0. The maximum atomic E-state index is 12.1. The van der Waals surface area contributed by atoms with Crippen LogP contribution in [0.4, 0.5) is 0 Å². The van der Waals surface area contributed by atoms with Crippen molar-refractivity contribution in [3.05, 3.63) is 30.1 Å². The van der Waals surface area contributed by atoms with Gasteiger partial charge >= 0.3 is 0 Å². The van der Waals surface area contributed by atoms with E-state index >= 15 is 0 Å². The quantitative estimate of drug-likeness (QED) is 0.760. The van der Waals surface area contributed by atoms with Crippen LogP contribution in [0.3, 0.4) is 0 Å². The van der Waals surface area contributed by atoms with E-state index in [0.29, 0.717) is 25.3 Å². The van der Waals surface area contributed by atoms with E-state index in [-0.39, 0.29) is 18.6 Å². The van der Waals surface area contributed by atoms with E-state index in [2.05, 4.69) is 4.98 Å². The van der Waals surface area contributed by atoms with Crippen LogP contribution in [0.5, 0.6) is 0 Å². The molecule has 1 amide bonds. The third kappa shape index (κ3) is 2.20. The third-order valence-corrected chi connectivity index (χ3v) is 2.63. The first-order valence-electron chi connectivity index (χ1n) is 5.22. The first kappa shape index (κ1) is 11.0. The number of carbonyl (C=O) groups is 1. The zero-order valence-corrected chi connectivity index (χ0v) is 8.87. The van der Waals surface area contributed by atoms with E-state index in [9.17, 15) is 9.90 Å². The van der Waals surface area contributed by atoms with Crippen LogP contribution >= 0.6 is 0 Å². The molecule has 0 aliphatic carbocycles. The summed E-state index contributed by atoms with van der Waals surface area (Å²) < 4.78 is 5.22. The van der Waals surface area contributed by atoms with E-state index in [1.807, 2.05) is 0 Å². The van der Waals surface area contributed by atoms with Gasteiger partial charge in [0.15, 0.2) is 0 Å². The average molecular weight is 222 g/mol. The van der Waals surface area contributed by atoms with Gasteiger partial charge in [0, 0.05) is 24.5 Å². The molecule has 5 heteroatoms. The van der Waals surface area contributed by atoms with Gasteiger partial charge in [0.05, 0.1) is 25.9 Å². The van der Waals surface area contributed by atoms with Crippen LogP contribution in [0.25, 0.3) is 0 Å². The monoisotopic (exact) mass is 222 g/mol. The van der Waals surface area contributed by atoms with Crippen LogP contribution < -0.4 is 0 Å². The van der Waals surface area contributed by atoms with Crippen molar-refractivity contribution in [1.82, 2.24) is 9.88 Å². The normalized spacial score (nSPS) is 20.8. The Labute approximate surface area is 93.7 Å². The number of aliphatic hydroxyl groups is 1. The summed E-state index contributed by atoms with van der Waals surface area (Å²) in [6.45, 7) is 1.36. The lowest BCUT2D eigenvalue weighted by atomic mass is 10.1. The molecule has 1 aliphatic heterocycles. The highest BCUT2D eigenvalue weighted by Crippen LogP contribution is 2.11. The third-order valence-electron chi connectivity index (χ3n) is 2.63. The van der Waals surface area contributed by atoms with Crippen LogP contribution in [0.1, 0.15) is 10.4 Å². The number of amides is 1. The van der Waals surface area contributed by atoms with Crippen molar-refractivity contribution in [3.63, 3.8) is 0 Å². The Morgan fingerprint density at radius 2 is 2.31 bits per heavy atom. The van der Waals surface area contributed by atoms with Crippen molar-refractivity contribution in [2.24, 2.45) is 0 Å². The lowest BCUT2D eigenvalue weighted by Gasteiger charge is -2.34. The molecule has 1 saturated heterocycles. The van der Waals surface area contributed by atoms with Crippen molar-refractivity contribution in [1.29, 1.82) is 0 Å². The average Bonchev–Trinajstić information content (AvgIpc) is 2.39. The fourth-order valence-electron chi connectivity index (χ4n) is 1.73. The van der Waals surface area contributed by atoms with Crippen LogP contribution in [0.2, 0.25) is 0 Å². The maximum absolute atomic E-state index is 12.1. The van der Waals surface area contributed by atoms with Crippen molar-refractivity contribution >= 4 is 5.91 Å². The summed E-state index contributed by atoms with van der Waals surface area (Å²) in [5.41, 5.74) is 0.593. The second-order valence-electron chi connectivity index (χ2n) is 3.65. The summed E-state index contributed by atoms with van der Waals surface area (Å²) in [4.78, 5) is 17.6. The molecule has 16 heavy (non-hydrogen) atoms. The molecule has 0 aromatic carbocycles. The second-order valence-corrected chi connectivity index (χ2v) is 3.65. The Balaban J connectivity index is 2.14. The molecule has 1 unspecified atom stereocenters. The number of hydrogen-bond acceptors (Lipinski definition) is 4. The van der Waals surface area contributed by atoms with Crippen molar-refractivity contribution in [2.45, 2.75) is 6.04 Å². The standard InChI is InChI=1S/C11H14N2O3/c14-7-10-8-16-6-5-13(10)11(15)9-1-3-12-4-2-9/h1-4,10,14H,5-8H2. The summed E-state index contributed by atoms with van der Waals surface area (Å²) >= 11 is 0. The number of carbonyl (C=O) groups excluding carboxylic acids is 1. The van der Waals surface area contributed by atoms with Crippen LogP contribution in [-0.4, -0.2) is 53.3 Å². The first-order valence-corrected chi connectivity index (χ1v) is 5.22. The predicted molar refractivity (Wildman–Crippen MR) is 57.0 cm³/mol. The zero-order chi connectivity index (χ0) is 11.4. The summed E-state index contributed by atoms with van der Waals surface area (Å²) in [6.07, 6.45) is 3.17. The number of rotatable bonds is 2. The van der Waals surface area contributed by atoms with Gasteiger partial charge in [-0.05, 0) is 12.1 Å². The molecule has 1 atom stereocenters. The van der Waals surface area contributed by atoms with Gasteiger partial charge in [-0.2, -0.15) is 0 Å². The van der Waals surface area contributed by atoms with Gasteiger partial charge in [-0.25, -0.2) is 0 Å². The number of hydrogen-bond donors (Lipinski definition) is 1. The minimum Gasteiger partial charge on any atom is -0.394 e. The molecule has 5 nitrogen and oxygen atoms in total. The molecular weight excluding hydrogens is 208 g/mol. The molecule has 2 rings (SSSR count). The molecule has 0 bridgehead atoms. The highest BCUT2D eigenvalue weighted by Gasteiger charge is 2.27. The molecule has 1 aromatic heterocycles. The molecule has 1 fully saturated rings. The Kier molecular flexibility index (Phi) is 3.48. The smallest absolute Gasteiger partial charge is 0.254 e. The van der Waals surface area contributed by atoms with Gasteiger partial charge in [-0.15, -0.1) is 0 Å².